The van der Waals surface area contributed by atoms with Crippen molar-refractivity contribution in [2.24, 2.45) is 0 Å². The summed E-state index contributed by atoms with van der Waals surface area (Å²) in [5.74, 6) is -0.472. The van der Waals surface area contributed by atoms with Gasteiger partial charge in [0.1, 0.15) is 11.9 Å². The summed E-state index contributed by atoms with van der Waals surface area (Å²) < 4.78 is 14.4. The first kappa shape index (κ1) is 20.8. The number of carbonyl (C=O) groups excluding carboxylic acids is 1. The maximum atomic E-state index is 13.2. The van der Waals surface area contributed by atoms with Crippen LogP contribution >= 0.6 is 0 Å². The van der Waals surface area contributed by atoms with Crippen molar-refractivity contribution in [2.75, 3.05) is 31.1 Å². The monoisotopic (exact) mass is 420 g/mol. The molecule has 0 spiro atoms. The molecule has 7 heteroatoms. The minimum atomic E-state index is -0.724. The van der Waals surface area contributed by atoms with E-state index in [1.807, 2.05) is 6.07 Å². The highest BCUT2D eigenvalue weighted by molar-refractivity contribution is 5.80. The van der Waals surface area contributed by atoms with Crippen LogP contribution in [-0.4, -0.2) is 46.8 Å². The van der Waals surface area contributed by atoms with Crippen molar-refractivity contribution in [3.8, 4) is 11.3 Å². The zero-order chi connectivity index (χ0) is 22.0. The van der Waals surface area contributed by atoms with Gasteiger partial charge < -0.3 is 9.80 Å². The molecule has 1 saturated heterocycles. The molecule has 1 fully saturated rings. The van der Waals surface area contributed by atoms with Crippen molar-refractivity contribution in [1.82, 2.24) is 14.7 Å². The molecule has 6 nitrogen and oxygen atoms in total. The third-order valence-electron chi connectivity index (χ3n) is 5.65. The third kappa shape index (κ3) is 4.50. The highest BCUT2D eigenvalue weighted by atomic mass is 19.1. The zero-order valence-corrected chi connectivity index (χ0v) is 17.7. The molecule has 31 heavy (non-hydrogen) atoms. The number of aryl methyl sites for hydroxylation is 1. The summed E-state index contributed by atoms with van der Waals surface area (Å²) in [4.78, 5) is 29.6. The lowest BCUT2D eigenvalue weighted by Crippen LogP contribution is -2.51. The number of aromatic nitrogens is 2. The number of hydrogen-bond donors (Lipinski definition) is 0. The average molecular weight is 420 g/mol. The normalized spacial score (nSPS) is 15.1. The van der Waals surface area contributed by atoms with Gasteiger partial charge in [0, 0.05) is 43.5 Å². The number of carbonyl (C=O) groups is 1. The molecule has 2 aromatic carbocycles. The predicted octanol–water partition coefficient (Wildman–Crippen LogP) is 3.27. The Morgan fingerprint density at radius 3 is 2.39 bits per heavy atom. The van der Waals surface area contributed by atoms with Crippen molar-refractivity contribution in [2.45, 2.75) is 19.9 Å². The van der Waals surface area contributed by atoms with Crippen LogP contribution in [0, 0.1) is 12.7 Å². The highest BCUT2D eigenvalue weighted by Crippen LogP contribution is 2.20. The van der Waals surface area contributed by atoms with Crippen molar-refractivity contribution in [3.63, 3.8) is 0 Å². The summed E-state index contributed by atoms with van der Waals surface area (Å²) in [5, 5.41) is 4.38. The van der Waals surface area contributed by atoms with Gasteiger partial charge in [-0.25, -0.2) is 9.07 Å². The van der Waals surface area contributed by atoms with Crippen LogP contribution in [0.25, 0.3) is 11.3 Å². The molecule has 160 valence electrons. The molecule has 4 rings (SSSR count). The Morgan fingerprint density at radius 2 is 1.71 bits per heavy atom. The first-order chi connectivity index (χ1) is 14.9. The fourth-order valence-corrected chi connectivity index (χ4v) is 3.86. The van der Waals surface area contributed by atoms with E-state index in [1.165, 1.54) is 28.4 Å². The molecule has 1 atom stereocenters. The van der Waals surface area contributed by atoms with Crippen LogP contribution in [0.1, 0.15) is 18.5 Å². The molecule has 1 unspecified atom stereocenters. The number of halogens is 1. The largest absolute Gasteiger partial charge is 0.368 e. The maximum Gasteiger partial charge on any atom is 0.267 e. The summed E-state index contributed by atoms with van der Waals surface area (Å²) in [7, 11) is 0. The van der Waals surface area contributed by atoms with E-state index in [2.05, 4.69) is 35.1 Å². The van der Waals surface area contributed by atoms with Gasteiger partial charge in [0.15, 0.2) is 0 Å². The van der Waals surface area contributed by atoms with Crippen LogP contribution < -0.4 is 10.5 Å². The van der Waals surface area contributed by atoms with E-state index in [1.54, 1.807) is 30.0 Å². The van der Waals surface area contributed by atoms with Crippen molar-refractivity contribution in [3.05, 3.63) is 82.4 Å². The van der Waals surface area contributed by atoms with E-state index in [9.17, 15) is 14.0 Å². The average Bonchev–Trinajstić information content (AvgIpc) is 2.79. The van der Waals surface area contributed by atoms with Crippen LogP contribution in [0.15, 0.2) is 65.5 Å². The van der Waals surface area contributed by atoms with E-state index in [0.29, 0.717) is 24.3 Å². The van der Waals surface area contributed by atoms with E-state index in [4.69, 9.17) is 0 Å². The maximum absolute atomic E-state index is 13.2. The Kier molecular flexibility index (Phi) is 5.84. The van der Waals surface area contributed by atoms with Crippen molar-refractivity contribution >= 4 is 11.6 Å². The lowest BCUT2D eigenvalue weighted by Gasteiger charge is -2.37. The van der Waals surface area contributed by atoms with Gasteiger partial charge in [-0.2, -0.15) is 5.10 Å². The van der Waals surface area contributed by atoms with Gasteiger partial charge in [-0.15, -0.1) is 0 Å². The zero-order valence-electron chi connectivity index (χ0n) is 17.7. The molecule has 1 aromatic heterocycles. The number of benzene rings is 2. The van der Waals surface area contributed by atoms with Gasteiger partial charge in [0.2, 0.25) is 5.91 Å². The Morgan fingerprint density at radius 1 is 1.00 bits per heavy atom. The topological polar surface area (TPSA) is 58.4 Å². The molecule has 0 bridgehead atoms. The molecule has 1 amide bonds. The molecule has 2 heterocycles. The first-order valence-electron chi connectivity index (χ1n) is 10.4. The van der Waals surface area contributed by atoms with Gasteiger partial charge in [-0.05, 0) is 61.9 Å². The number of hydrogen-bond acceptors (Lipinski definition) is 4. The number of amides is 1. The second kappa shape index (κ2) is 8.71. The highest BCUT2D eigenvalue weighted by Gasteiger charge is 2.27. The van der Waals surface area contributed by atoms with Gasteiger partial charge in [-0.3, -0.25) is 9.59 Å². The van der Waals surface area contributed by atoms with Crippen molar-refractivity contribution in [1.29, 1.82) is 0 Å². The first-order valence-corrected chi connectivity index (χ1v) is 10.4. The minimum Gasteiger partial charge on any atom is -0.368 e. The Bertz CT molecular complexity index is 1130. The Hall–Kier alpha value is -3.48. The number of anilines is 1. The number of rotatable bonds is 4. The lowest BCUT2D eigenvalue weighted by molar-refractivity contribution is -0.135. The van der Waals surface area contributed by atoms with Crippen molar-refractivity contribution < 1.29 is 9.18 Å². The molecule has 0 saturated carbocycles. The van der Waals surface area contributed by atoms with Gasteiger partial charge >= 0.3 is 0 Å². The second-order valence-electron chi connectivity index (χ2n) is 7.84. The van der Waals surface area contributed by atoms with Crippen LogP contribution in [-0.2, 0) is 4.79 Å². The SMILES string of the molecule is Cc1cccc(N2CCN(C(=O)C(C)n3nc(-c4ccc(F)cc4)ccc3=O)CC2)c1. The third-order valence-corrected chi connectivity index (χ3v) is 5.65. The number of piperazine rings is 1. The van der Waals surface area contributed by atoms with Crippen LogP contribution in [0.3, 0.4) is 0 Å². The smallest absolute Gasteiger partial charge is 0.267 e. The van der Waals surface area contributed by atoms with Gasteiger partial charge in [0.25, 0.3) is 5.56 Å². The summed E-state index contributed by atoms with van der Waals surface area (Å²) in [6, 6.07) is 16.5. The molecule has 0 radical (unpaired) electrons. The summed E-state index contributed by atoms with van der Waals surface area (Å²) in [6.07, 6.45) is 0. The summed E-state index contributed by atoms with van der Waals surface area (Å²) in [6.45, 7) is 6.40. The Labute approximate surface area is 180 Å². The van der Waals surface area contributed by atoms with E-state index < -0.39 is 6.04 Å². The molecule has 1 aliphatic heterocycles. The molecule has 1 aliphatic rings. The lowest BCUT2D eigenvalue weighted by atomic mass is 10.1. The summed E-state index contributed by atoms with van der Waals surface area (Å²) >= 11 is 0. The van der Waals surface area contributed by atoms with Crippen LogP contribution in [0.5, 0.6) is 0 Å². The van der Waals surface area contributed by atoms with E-state index in [-0.39, 0.29) is 17.3 Å². The minimum absolute atomic E-state index is 0.130. The fraction of sp³-hybridized carbons (Fsp3) is 0.292. The molecule has 0 aliphatic carbocycles. The van der Waals surface area contributed by atoms with E-state index in [0.717, 1.165) is 18.8 Å². The van der Waals surface area contributed by atoms with Crippen LogP contribution in [0.4, 0.5) is 10.1 Å². The second-order valence-corrected chi connectivity index (χ2v) is 7.84. The molecular formula is C24H25FN4O2. The molecule has 0 N–H and O–H groups in total. The molecule has 3 aromatic rings. The van der Waals surface area contributed by atoms with Gasteiger partial charge in [0.05, 0.1) is 5.69 Å². The predicted molar refractivity (Wildman–Crippen MR) is 119 cm³/mol. The molecular weight excluding hydrogens is 395 g/mol. The standard InChI is InChI=1S/C24H25FN4O2/c1-17-4-3-5-21(16-17)27-12-14-28(15-13-27)24(31)18(2)29-23(30)11-10-22(26-29)19-6-8-20(25)9-7-19/h3-11,16,18H,12-15H2,1-2H3. The summed E-state index contributed by atoms with van der Waals surface area (Å²) in [5.41, 5.74) is 3.22. The van der Waals surface area contributed by atoms with Crippen LogP contribution in [0.2, 0.25) is 0 Å². The quantitative estimate of drug-likeness (QED) is 0.650. The number of nitrogens with zero attached hydrogens (tertiary/aromatic N) is 4. The fourth-order valence-electron chi connectivity index (χ4n) is 3.86. The Balaban J connectivity index is 1.48. The van der Waals surface area contributed by atoms with E-state index >= 15 is 0 Å². The van der Waals surface area contributed by atoms with Gasteiger partial charge in [-0.1, -0.05) is 12.1 Å².